The minimum atomic E-state index is 0.282. The third-order valence-corrected chi connectivity index (χ3v) is 5.98. The first kappa shape index (κ1) is 14.0. The largest absolute Gasteiger partial charge is 0.454 e. The molecule has 2 aliphatic rings. The molecule has 24 heavy (non-hydrogen) atoms. The molecule has 0 radical (unpaired) electrons. The Bertz CT molecular complexity index is 1010. The number of hydrogen-bond acceptors (Lipinski definition) is 5. The Balaban J connectivity index is 1.57. The van der Waals surface area contributed by atoms with E-state index in [9.17, 15) is 0 Å². The van der Waals surface area contributed by atoms with E-state index < -0.39 is 0 Å². The second-order valence-corrected chi connectivity index (χ2v) is 7.38. The summed E-state index contributed by atoms with van der Waals surface area (Å²) in [5, 5.41) is 9.73. The molecule has 0 unspecified atom stereocenters. The predicted octanol–water partition coefficient (Wildman–Crippen LogP) is 3.23. The standard InChI is InChI=1S/C18H17N3O2S/c19-17-16-12-3-1-2-4-15(12)24-18(16)20-9-21(17)8-11-5-6-13-14(7-11)23-10-22-13/h5-7,9,19H,1-4,8,10H2. The lowest BCUT2D eigenvalue weighted by Gasteiger charge is -2.11. The monoisotopic (exact) mass is 339 g/mol. The molecule has 3 heterocycles. The molecule has 0 fully saturated rings. The lowest BCUT2D eigenvalue weighted by molar-refractivity contribution is 0.174. The number of rotatable bonds is 2. The van der Waals surface area contributed by atoms with E-state index in [1.807, 2.05) is 22.8 Å². The average molecular weight is 339 g/mol. The summed E-state index contributed by atoms with van der Waals surface area (Å²) >= 11 is 1.76. The van der Waals surface area contributed by atoms with Crippen LogP contribution >= 0.6 is 11.3 Å². The predicted molar refractivity (Wildman–Crippen MR) is 91.8 cm³/mol. The first-order valence-electron chi connectivity index (χ1n) is 8.22. The molecule has 1 N–H and O–H groups in total. The Kier molecular flexibility index (Phi) is 3.13. The molecule has 5 rings (SSSR count). The molecule has 0 bridgehead atoms. The van der Waals surface area contributed by atoms with Crippen molar-refractivity contribution in [3.8, 4) is 11.5 Å². The van der Waals surface area contributed by atoms with E-state index in [4.69, 9.17) is 14.9 Å². The number of benzene rings is 1. The second-order valence-electron chi connectivity index (χ2n) is 6.30. The molecule has 0 saturated carbocycles. The summed E-state index contributed by atoms with van der Waals surface area (Å²) in [6.07, 6.45) is 6.48. The van der Waals surface area contributed by atoms with Gasteiger partial charge in [0.1, 0.15) is 10.3 Å². The molecule has 0 amide bonds. The molecule has 3 aromatic rings. The average Bonchev–Trinajstić information content (AvgIpc) is 3.21. The fraction of sp³-hybridized carbons (Fsp3) is 0.333. The number of aromatic nitrogens is 2. The van der Waals surface area contributed by atoms with E-state index in [2.05, 4.69) is 4.98 Å². The molecule has 122 valence electrons. The highest BCUT2D eigenvalue weighted by molar-refractivity contribution is 7.18. The Morgan fingerprint density at radius 1 is 1.17 bits per heavy atom. The summed E-state index contributed by atoms with van der Waals surface area (Å²) in [5.74, 6) is 1.57. The third-order valence-electron chi connectivity index (χ3n) is 4.78. The highest BCUT2D eigenvalue weighted by Gasteiger charge is 2.19. The van der Waals surface area contributed by atoms with Gasteiger partial charge in [0.2, 0.25) is 6.79 Å². The zero-order valence-corrected chi connectivity index (χ0v) is 14.0. The molecule has 5 nitrogen and oxygen atoms in total. The van der Waals surface area contributed by atoms with E-state index in [-0.39, 0.29) is 6.79 Å². The second kappa shape index (κ2) is 5.34. The fourth-order valence-corrected chi connectivity index (χ4v) is 4.79. The van der Waals surface area contributed by atoms with Crippen LogP contribution in [0.4, 0.5) is 0 Å². The zero-order valence-electron chi connectivity index (χ0n) is 13.2. The van der Waals surface area contributed by atoms with Crippen molar-refractivity contribution in [3.05, 3.63) is 46.0 Å². The Labute approximate surface area is 143 Å². The van der Waals surface area contributed by atoms with Crippen molar-refractivity contribution in [1.29, 1.82) is 5.41 Å². The summed E-state index contributed by atoms with van der Waals surface area (Å²) < 4.78 is 12.7. The summed E-state index contributed by atoms with van der Waals surface area (Å²) in [5.41, 5.74) is 3.01. The van der Waals surface area contributed by atoms with Crippen molar-refractivity contribution in [2.75, 3.05) is 6.79 Å². The van der Waals surface area contributed by atoms with Gasteiger partial charge in [0.25, 0.3) is 0 Å². The van der Waals surface area contributed by atoms with Crippen LogP contribution in [0.25, 0.3) is 10.2 Å². The molecular formula is C18H17N3O2S. The number of fused-ring (bicyclic) bond motifs is 4. The highest BCUT2D eigenvalue weighted by Crippen LogP contribution is 2.34. The maximum Gasteiger partial charge on any atom is 0.231 e. The van der Waals surface area contributed by atoms with Gasteiger partial charge in [-0.2, -0.15) is 0 Å². The lowest BCUT2D eigenvalue weighted by Crippen LogP contribution is -2.22. The van der Waals surface area contributed by atoms with Gasteiger partial charge in [-0.25, -0.2) is 4.98 Å². The topological polar surface area (TPSA) is 60.1 Å². The smallest absolute Gasteiger partial charge is 0.231 e. The van der Waals surface area contributed by atoms with Gasteiger partial charge in [-0.05, 0) is 48.9 Å². The third kappa shape index (κ3) is 2.13. The summed E-state index contributed by atoms with van der Waals surface area (Å²) in [4.78, 5) is 7.06. The van der Waals surface area contributed by atoms with E-state index in [1.54, 1.807) is 17.7 Å². The molecule has 1 aliphatic carbocycles. The van der Waals surface area contributed by atoms with Gasteiger partial charge in [-0.15, -0.1) is 11.3 Å². The van der Waals surface area contributed by atoms with Crippen molar-refractivity contribution < 1.29 is 9.47 Å². The molecule has 0 atom stereocenters. The molecule has 6 heteroatoms. The summed E-state index contributed by atoms with van der Waals surface area (Å²) in [7, 11) is 0. The molecule has 0 spiro atoms. The van der Waals surface area contributed by atoms with Crippen molar-refractivity contribution in [2.24, 2.45) is 0 Å². The minimum absolute atomic E-state index is 0.282. The van der Waals surface area contributed by atoms with Gasteiger partial charge in [-0.1, -0.05) is 6.07 Å². The van der Waals surface area contributed by atoms with Crippen LogP contribution in [0.2, 0.25) is 0 Å². The molecule has 1 aliphatic heterocycles. The zero-order chi connectivity index (χ0) is 16.1. The number of nitrogens with zero attached hydrogens (tertiary/aromatic N) is 2. The first-order chi connectivity index (χ1) is 11.8. The van der Waals surface area contributed by atoms with Crippen molar-refractivity contribution in [3.63, 3.8) is 0 Å². The molecule has 2 aromatic heterocycles. The van der Waals surface area contributed by atoms with Crippen LogP contribution in [-0.4, -0.2) is 16.3 Å². The van der Waals surface area contributed by atoms with Crippen LogP contribution in [0.5, 0.6) is 11.5 Å². The van der Waals surface area contributed by atoms with Crippen LogP contribution in [0.15, 0.2) is 24.5 Å². The van der Waals surface area contributed by atoms with Crippen LogP contribution in [0, 0.1) is 5.41 Å². The van der Waals surface area contributed by atoms with Gasteiger partial charge in [-0.3, -0.25) is 5.41 Å². The minimum Gasteiger partial charge on any atom is -0.454 e. The van der Waals surface area contributed by atoms with Crippen molar-refractivity contribution >= 4 is 21.6 Å². The number of hydrogen-bond donors (Lipinski definition) is 1. The number of nitrogens with one attached hydrogen (secondary N) is 1. The van der Waals surface area contributed by atoms with Crippen LogP contribution in [-0.2, 0) is 19.4 Å². The fourth-order valence-electron chi connectivity index (χ4n) is 3.57. The quantitative estimate of drug-likeness (QED) is 0.780. The van der Waals surface area contributed by atoms with Gasteiger partial charge < -0.3 is 14.0 Å². The van der Waals surface area contributed by atoms with Crippen LogP contribution in [0.1, 0.15) is 28.8 Å². The van der Waals surface area contributed by atoms with E-state index in [0.29, 0.717) is 12.0 Å². The number of thiophene rings is 1. The molecular weight excluding hydrogens is 322 g/mol. The Hall–Kier alpha value is -2.34. The van der Waals surface area contributed by atoms with Gasteiger partial charge in [0.15, 0.2) is 11.5 Å². The maximum atomic E-state index is 8.67. The normalized spacial score (nSPS) is 15.7. The van der Waals surface area contributed by atoms with E-state index >= 15 is 0 Å². The summed E-state index contributed by atoms with van der Waals surface area (Å²) in [6, 6.07) is 5.94. The maximum absolute atomic E-state index is 8.67. The molecule has 1 aromatic carbocycles. The number of aryl methyl sites for hydroxylation is 2. The lowest BCUT2D eigenvalue weighted by atomic mass is 9.97. The number of ether oxygens (including phenoxy) is 2. The van der Waals surface area contributed by atoms with Gasteiger partial charge >= 0.3 is 0 Å². The van der Waals surface area contributed by atoms with Crippen LogP contribution < -0.4 is 15.0 Å². The summed E-state index contributed by atoms with van der Waals surface area (Å²) in [6.45, 7) is 0.896. The highest BCUT2D eigenvalue weighted by atomic mass is 32.1. The van der Waals surface area contributed by atoms with Gasteiger partial charge in [0.05, 0.1) is 18.3 Å². The van der Waals surface area contributed by atoms with E-state index in [1.165, 1.54) is 23.3 Å². The van der Waals surface area contributed by atoms with Crippen LogP contribution in [0.3, 0.4) is 0 Å². The van der Waals surface area contributed by atoms with Gasteiger partial charge in [0, 0.05) is 4.88 Å². The van der Waals surface area contributed by atoms with E-state index in [0.717, 1.165) is 40.1 Å². The van der Waals surface area contributed by atoms with Crippen molar-refractivity contribution in [1.82, 2.24) is 9.55 Å². The SMILES string of the molecule is N=c1c2c3c(sc2ncn1Cc1ccc2c(c1)OCO2)CCCC3. The van der Waals surface area contributed by atoms with Crippen molar-refractivity contribution in [2.45, 2.75) is 32.2 Å². The molecule has 0 saturated heterocycles. The Morgan fingerprint density at radius 3 is 3.00 bits per heavy atom. The Morgan fingerprint density at radius 2 is 2.04 bits per heavy atom. The first-order valence-corrected chi connectivity index (χ1v) is 9.04.